The van der Waals surface area contributed by atoms with E-state index in [0.29, 0.717) is 5.69 Å². The SMILES string of the molecule is Cc1ccc(N(C(N)=O)C(=O)CC#N)cc1. The topological polar surface area (TPSA) is 87.2 Å². The molecule has 0 spiro atoms. The quantitative estimate of drug-likeness (QED) is 0.810. The van der Waals surface area contributed by atoms with Gasteiger partial charge in [0.05, 0.1) is 11.8 Å². The van der Waals surface area contributed by atoms with Crippen molar-refractivity contribution in [3.63, 3.8) is 0 Å². The fraction of sp³-hybridized carbons (Fsp3) is 0.182. The molecule has 0 aromatic heterocycles. The summed E-state index contributed by atoms with van der Waals surface area (Å²) in [6.07, 6.45) is -0.378. The number of urea groups is 1. The van der Waals surface area contributed by atoms with E-state index in [2.05, 4.69) is 0 Å². The lowest BCUT2D eigenvalue weighted by atomic mass is 10.2. The van der Waals surface area contributed by atoms with Crippen LogP contribution in [0.25, 0.3) is 0 Å². The van der Waals surface area contributed by atoms with E-state index >= 15 is 0 Å². The number of amides is 3. The zero-order valence-corrected chi connectivity index (χ0v) is 8.80. The second-order valence-electron chi connectivity index (χ2n) is 3.24. The predicted octanol–water partition coefficient (Wildman–Crippen LogP) is 1.32. The van der Waals surface area contributed by atoms with Crippen molar-refractivity contribution in [2.24, 2.45) is 5.73 Å². The summed E-state index contributed by atoms with van der Waals surface area (Å²) in [5, 5.41) is 8.41. The van der Waals surface area contributed by atoms with Gasteiger partial charge in [-0.15, -0.1) is 0 Å². The molecule has 0 saturated heterocycles. The minimum atomic E-state index is -0.885. The summed E-state index contributed by atoms with van der Waals surface area (Å²) in [6, 6.07) is 7.52. The van der Waals surface area contributed by atoms with Gasteiger partial charge >= 0.3 is 6.03 Å². The first-order chi connectivity index (χ1) is 7.56. The number of nitrogens with zero attached hydrogens (tertiary/aromatic N) is 2. The average Bonchev–Trinajstić information content (AvgIpc) is 2.21. The molecule has 1 rings (SSSR count). The summed E-state index contributed by atoms with van der Waals surface area (Å²) >= 11 is 0. The highest BCUT2D eigenvalue weighted by molar-refractivity contribution is 6.14. The molecule has 5 nitrogen and oxygen atoms in total. The Balaban J connectivity index is 3.04. The van der Waals surface area contributed by atoms with Gasteiger partial charge in [-0.2, -0.15) is 5.26 Å². The Morgan fingerprint density at radius 1 is 1.38 bits per heavy atom. The molecule has 0 saturated carbocycles. The van der Waals surface area contributed by atoms with Gasteiger partial charge in [-0.3, -0.25) is 4.79 Å². The lowest BCUT2D eigenvalue weighted by Gasteiger charge is -2.17. The number of benzene rings is 1. The zero-order chi connectivity index (χ0) is 12.1. The molecule has 3 amide bonds. The summed E-state index contributed by atoms with van der Waals surface area (Å²) in [6.45, 7) is 1.88. The summed E-state index contributed by atoms with van der Waals surface area (Å²) < 4.78 is 0. The van der Waals surface area contributed by atoms with E-state index in [9.17, 15) is 9.59 Å². The molecule has 82 valence electrons. The highest BCUT2D eigenvalue weighted by Crippen LogP contribution is 2.15. The number of anilines is 1. The van der Waals surface area contributed by atoms with Crippen molar-refractivity contribution in [3.8, 4) is 6.07 Å². The first kappa shape index (κ1) is 11.7. The molecule has 0 heterocycles. The first-order valence-electron chi connectivity index (χ1n) is 4.62. The van der Waals surface area contributed by atoms with Gasteiger partial charge in [0, 0.05) is 0 Å². The smallest absolute Gasteiger partial charge is 0.326 e. The van der Waals surface area contributed by atoms with Gasteiger partial charge in [0.25, 0.3) is 0 Å². The van der Waals surface area contributed by atoms with Crippen molar-refractivity contribution < 1.29 is 9.59 Å². The van der Waals surface area contributed by atoms with Crippen molar-refractivity contribution in [3.05, 3.63) is 29.8 Å². The Hall–Kier alpha value is -2.35. The van der Waals surface area contributed by atoms with E-state index in [1.807, 2.05) is 6.92 Å². The molecular weight excluding hydrogens is 206 g/mol. The van der Waals surface area contributed by atoms with Gasteiger partial charge in [-0.25, -0.2) is 9.69 Å². The lowest BCUT2D eigenvalue weighted by molar-refractivity contribution is -0.116. The van der Waals surface area contributed by atoms with Gasteiger partial charge in [0.15, 0.2) is 0 Å². The third-order valence-corrected chi connectivity index (χ3v) is 1.99. The molecule has 0 unspecified atom stereocenters. The molecule has 0 bridgehead atoms. The molecule has 16 heavy (non-hydrogen) atoms. The fourth-order valence-electron chi connectivity index (χ4n) is 1.23. The van der Waals surface area contributed by atoms with E-state index in [4.69, 9.17) is 11.0 Å². The van der Waals surface area contributed by atoms with E-state index < -0.39 is 11.9 Å². The number of carbonyl (C=O) groups is 2. The van der Waals surface area contributed by atoms with Crippen LogP contribution in [0.4, 0.5) is 10.5 Å². The maximum absolute atomic E-state index is 11.5. The fourth-order valence-corrected chi connectivity index (χ4v) is 1.23. The Kier molecular flexibility index (Phi) is 3.62. The molecule has 1 aromatic rings. The van der Waals surface area contributed by atoms with Gasteiger partial charge in [-0.05, 0) is 19.1 Å². The molecule has 0 atom stereocenters. The summed E-state index contributed by atoms with van der Waals surface area (Å²) in [5.41, 5.74) is 6.47. The van der Waals surface area contributed by atoms with Crippen LogP contribution in [-0.2, 0) is 4.79 Å². The van der Waals surface area contributed by atoms with E-state index in [0.717, 1.165) is 10.5 Å². The van der Waals surface area contributed by atoms with Crippen molar-refractivity contribution in [1.82, 2.24) is 0 Å². The molecule has 0 aliphatic rings. The normalized spacial score (nSPS) is 9.25. The Morgan fingerprint density at radius 3 is 2.38 bits per heavy atom. The van der Waals surface area contributed by atoms with Crippen LogP contribution in [0.2, 0.25) is 0 Å². The second kappa shape index (κ2) is 4.94. The summed E-state index contributed by atoms with van der Waals surface area (Å²) in [4.78, 5) is 23.4. The monoisotopic (exact) mass is 217 g/mol. The molecule has 5 heteroatoms. The minimum absolute atomic E-state index is 0.373. The third kappa shape index (κ3) is 2.58. The van der Waals surface area contributed by atoms with Crippen molar-refractivity contribution in [2.45, 2.75) is 13.3 Å². The maximum Gasteiger partial charge on any atom is 0.326 e. The number of nitriles is 1. The third-order valence-electron chi connectivity index (χ3n) is 1.99. The van der Waals surface area contributed by atoms with Crippen LogP contribution >= 0.6 is 0 Å². The molecule has 2 N–H and O–H groups in total. The average molecular weight is 217 g/mol. The molecule has 1 aromatic carbocycles. The number of hydrogen-bond acceptors (Lipinski definition) is 3. The zero-order valence-electron chi connectivity index (χ0n) is 8.80. The van der Waals surface area contributed by atoms with Crippen molar-refractivity contribution >= 4 is 17.6 Å². The number of rotatable bonds is 2. The number of imide groups is 1. The van der Waals surface area contributed by atoms with Crippen LogP contribution in [0, 0.1) is 18.3 Å². The van der Waals surface area contributed by atoms with Crippen LogP contribution < -0.4 is 10.6 Å². The molecule has 0 fully saturated rings. The Morgan fingerprint density at radius 2 is 1.94 bits per heavy atom. The van der Waals surface area contributed by atoms with E-state index in [1.165, 1.54) is 0 Å². The number of hydrogen-bond donors (Lipinski definition) is 1. The largest absolute Gasteiger partial charge is 0.351 e. The highest BCUT2D eigenvalue weighted by atomic mass is 16.2. The predicted molar refractivity (Wildman–Crippen MR) is 58.5 cm³/mol. The van der Waals surface area contributed by atoms with Gasteiger partial charge in [0.1, 0.15) is 6.42 Å². The Labute approximate surface area is 93.1 Å². The lowest BCUT2D eigenvalue weighted by Crippen LogP contribution is -2.40. The molecular formula is C11H11N3O2. The number of carbonyl (C=O) groups excluding carboxylic acids is 2. The number of primary amides is 1. The summed E-state index contributed by atoms with van der Waals surface area (Å²) in [7, 11) is 0. The molecule has 0 radical (unpaired) electrons. The van der Waals surface area contributed by atoms with E-state index in [1.54, 1.807) is 30.3 Å². The van der Waals surface area contributed by atoms with Crippen LogP contribution in [0.1, 0.15) is 12.0 Å². The van der Waals surface area contributed by atoms with Crippen molar-refractivity contribution in [1.29, 1.82) is 5.26 Å². The highest BCUT2D eigenvalue weighted by Gasteiger charge is 2.20. The van der Waals surface area contributed by atoms with Crippen LogP contribution in [0.5, 0.6) is 0 Å². The number of nitrogens with two attached hydrogens (primary N) is 1. The number of aryl methyl sites for hydroxylation is 1. The van der Waals surface area contributed by atoms with Gasteiger partial charge in [-0.1, -0.05) is 17.7 Å². The van der Waals surface area contributed by atoms with Crippen LogP contribution in [0.15, 0.2) is 24.3 Å². The van der Waals surface area contributed by atoms with Gasteiger partial charge in [0.2, 0.25) is 5.91 Å². The Bertz CT molecular complexity index is 445. The first-order valence-corrected chi connectivity index (χ1v) is 4.62. The molecule has 0 aliphatic heterocycles. The van der Waals surface area contributed by atoms with Crippen LogP contribution in [-0.4, -0.2) is 11.9 Å². The van der Waals surface area contributed by atoms with E-state index in [-0.39, 0.29) is 6.42 Å². The molecule has 0 aliphatic carbocycles. The minimum Gasteiger partial charge on any atom is -0.351 e. The van der Waals surface area contributed by atoms with Crippen molar-refractivity contribution in [2.75, 3.05) is 4.90 Å². The van der Waals surface area contributed by atoms with Crippen LogP contribution in [0.3, 0.4) is 0 Å². The standard InChI is InChI=1S/C11H11N3O2/c1-8-2-4-9(5-3-8)14(11(13)16)10(15)6-7-12/h2-5H,6H2,1H3,(H2,13,16). The van der Waals surface area contributed by atoms with Gasteiger partial charge < -0.3 is 5.73 Å². The summed E-state index contributed by atoms with van der Waals surface area (Å²) in [5.74, 6) is -0.626. The second-order valence-corrected chi connectivity index (χ2v) is 3.24. The maximum atomic E-state index is 11.5.